The van der Waals surface area contributed by atoms with Crippen molar-refractivity contribution in [3.05, 3.63) is 24.1 Å². The third-order valence-electron chi connectivity index (χ3n) is 1.82. The molecule has 3 heteroatoms. The van der Waals surface area contributed by atoms with Crippen LogP contribution in [0.2, 0.25) is 0 Å². The van der Waals surface area contributed by atoms with Crippen molar-refractivity contribution in [2.24, 2.45) is 0 Å². The average Bonchev–Trinajstić information content (AvgIpc) is 2.16. The Hall–Kier alpha value is -1.12. The Morgan fingerprint density at radius 2 is 2.14 bits per heavy atom. The Morgan fingerprint density at radius 1 is 1.50 bits per heavy atom. The molecule has 0 atom stereocenters. The summed E-state index contributed by atoms with van der Waals surface area (Å²) in [5, 5.41) is 0. The van der Waals surface area contributed by atoms with Crippen LogP contribution in [0.1, 0.15) is 33.1 Å². The summed E-state index contributed by atoms with van der Waals surface area (Å²) in [5.74, 6) is -0.471. The number of hydrogen-bond acceptors (Lipinski definition) is 2. The lowest BCUT2D eigenvalue weighted by molar-refractivity contribution is -0.143. The number of hydrogen-bond donors (Lipinski definition) is 0. The van der Waals surface area contributed by atoms with E-state index in [1.807, 2.05) is 0 Å². The van der Waals surface area contributed by atoms with Gasteiger partial charge in [-0.25, -0.2) is 4.39 Å². The van der Waals surface area contributed by atoms with E-state index in [1.54, 1.807) is 13.8 Å². The minimum atomic E-state index is -0.267. The molecule has 0 N–H and O–H groups in total. The summed E-state index contributed by atoms with van der Waals surface area (Å²) in [4.78, 5) is 10.9. The molecule has 0 rings (SSSR count). The zero-order chi connectivity index (χ0) is 11.0. The molecule has 0 aliphatic carbocycles. The lowest BCUT2D eigenvalue weighted by Gasteiger charge is -2.01. The summed E-state index contributed by atoms with van der Waals surface area (Å²) in [6, 6.07) is 0. The molecule has 0 aliphatic heterocycles. The first kappa shape index (κ1) is 12.9. The maximum Gasteiger partial charge on any atom is 0.305 e. The minimum absolute atomic E-state index is 0.204. The van der Waals surface area contributed by atoms with Gasteiger partial charge >= 0.3 is 5.97 Å². The zero-order valence-corrected chi connectivity index (χ0v) is 8.81. The molecule has 0 saturated carbocycles. The molecule has 2 nitrogen and oxygen atoms in total. The van der Waals surface area contributed by atoms with Gasteiger partial charge in [0, 0.05) is 12.8 Å². The topological polar surface area (TPSA) is 26.3 Å². The molecule has 0 radical (unpaired) electrons. The van der Waals surface area contributed by atoms with Crippen LogP contribution in [0.3, 0.4) is 0 Å². The van der Waals surface area contributed by atoms with Gasteiger partial charge in [0.05, 0.1) is 6.61 Å². The Morgan fingerprint density at radius 3 is 2.64 bits per heavy atom. The van der Waals surface area contributed by atoms with Gasteiger partial charge in [0.2, 0.25) is 0 Å². The average molecular weight is 200 g/mol. The first-order valence-electron chi connectivity index (χ1n) is 4.75. The van der Waals surface area contributed by atoms with Crippen LogP contribution >= 0.6 is 0 Å². The van der Waals surface area contributed by atoms with Crippen molar-refractivity contribution in [1.82, 2.24) is 0 Å². The summed E-state index contributed by atoms with van der Waals surface area (Å²) in [7, 11) is 0. The van der Waals surface area contributed by atoms with Gasteiger partial charge in [-0.15, -0.1) is 0 Å². The number of carbonyl (C=O) groups excluding carboxylic acids is 1. The normalized spacial score (nSPS) is 11.9. The molecule has 0 spiro atoms. The SMILES string of the molecule is C=C/C(C)=C(/F)CCCC(=O)OCC. The zero-order valence-electron chi connectivity index (χ0n) is 8.81. The molecule has 14 heavy (non-hydrogen) atoms. The Labute approximate surface area is 84.5 Å². The van der Waals surface area contributed by atoms with E-state index in [0.717, 1.165) is 0 Å². The van der Waals surface area contributed by atoms with Crippen LogP contribution < -0.4 is 0 Å². The fourth-order valence-electron chi connectivity index (χ4n) is 0.929. The molecule has 0 aromatic rings. The molecule has 0 bridgehead atoms. The Balaban J connectivity index is 3.74. The summed E-state index contributed by atoms with van der Waals surface area (Å²) < 4.78 is 17.8. The van der Waals surface area contributed by atoms with Crippen LogP contribution in [0, 0.1) is 0 Å². The second-order valence-corrected chi connectivity index (χ2v) is 2.95. The van der Waals surface area contributed by atoms with Gasteiger partial charge in [0.15, 0.2) is 0 Å². The molecule has 80 valence electrons. The molecule has 0 fully saturated rings. The van der Waals surface area contributed by atoms with Crippen molar-refractivity contribution in [2.75, 3.05) is 6.61 Å². The monoisotopic (exact) mass is 200 g/mol. The lowest BCUT2D eigenvalue weighted by Crippen LogP contribution is -2.03. The number of esters is 1. The standard InChI is InChI=1S/C11H17FO2/c1-4-9(3)10(12)7-6-8-11(13)14-5-2/h4H,1,5-8H2,2-3H3/b10-9+. The van der Waals surface area contributed by atoms with Gasteiger partial charge in [0.25, 0.3) is 0 Å². The van der Waals surface area contributed by atoms with Gasteiger partial charge in [-0.3, -0.25) is 4.79 Å². The van der Waals surface area contributed by atoms with E-state index in [1.165, 1.54) is 6.08 Å². The molecule has 0 heterocycles. The second-order valence-electron chi connectivity index (χ2n) is 2.95. The van der Waals surface area contributed by atoms with Crippen molar-refractivity contribution in [3.8, 4) is 0 Å². The van der Waals surface area contributed by atoms with Gasteiger partial charge in [-0.2, -0.15) is 0 Å². The molecule has 0 unspecified atom stereocenters. The number of halogens is 1. The van der Waals surface area contributed by atoms with Crippen molar-refractivity contribution in [3.63, 3.8) is 0 Å². The van der Waals surface area contributed by atoms with E-state index in [2.05, 4.69) is 6.58 Å². The first-order valence-corrected chi connectivity index (χ1v) is 4.75. The smallest absolute Gasteiger partial charge is 0.305 e. The van der Waals surface area contributed by atoms with Gasteiger partial charge < -0.3 is 4.74 Å². The molecule has 0 aliphatic rings. The van der Waals surface area contributed by atoms with E-state index < -0.39 is 0 Å². The third kappa shape index (κ3) is 5.51. The fraction of sp³-hybridized carbons (Fsp3) is 0.545. The number of allylic oxidation sites excluding steroid dienone is 3. The van der Waals surface area contributed by atoms with Crippen molar-refractivity contribution in [1.29, 1.82) is 0 Å². The van der Waals surface area contributed by atoms with Crippen LogP contribution in [0.15, 0.2) is 24.1 Å². The van der Waals surface area contributed by atoms with E-state index in [-0.39, 0.29) is 24.6 Å². The predicted octanol–water partition coefficient (Wildman–Crippen LogP) is 3.15. The van der Waals surface area contributed by atoms with Crippen molar-refractivity contribution in [2.45, 2.75) is 33.1 Å². The number of rotatable bonds is 6. The summed E-state index contributed by atoms with van der Waals surface area (Å²) >= 11 is 0. The summed E-state index contributed by atoms with van der Waals surface area (Å²) in [6.45, 7) is 7.25. The van der Waals surface area contributed by atoms with Crippen LogP contribution in [0.4, 0.5) is 4.39 Å². The maximum absolute atomic E-state index is 13.1. The molecule has 0 aromatic heterocycles. The molecular weight excluding hydrogens is 183 g/mol. The highest BCUT2D eigenvalue weighted by atomic mass is 19.1. The maximum atomic E-state index is 13.1. The van der Waals surface area contributed by atoms with Crippen molar-refractivity contribution < 1.29 is 13.9 Å². The first-order chi connectivity index (χ1) is 6.61. The lowest BCUT2D eigenvalue weighted by atomic mass is 10.1. The van der Waals surface area contributed by atoms with Crippen LogP contribution in [0.5, 0.6) is 0 Å². The Bertz CT molecular complexity index is 231. The summed E-state index contributed by atoms with van der Waals surface area (Å²) in [6.07, 6.45) is 2.50. The van der Waals surface area contributed by atoms with Crippen LogP contribution in [-0.2, 0) is 9.53 Å². The molecular formula is C11H17FO2. The number of ether oxygens (including phenoxy) is 1. The molecule has 0 saturated heterocycles. The highest BCUT2D eigenvalue weighted by Crippen LogP contribution is 2.14. The minimum Gasteiger partial charge on any atom is -0.466 e. The molecule has 0 amide bonds. The van der Waals surface area contributed by atoms with Crippen LogP contribution in [-0.4, -0.2) is 12.6 Å². The quantitative estimate of drug-likeness (QED) is 0.486. The van der Waals surface area contributed by atoms with Gasteiger partial charge in [0.1, 0.15) is 5.83 Å². The highest BCUT2D eigenvalue weighted by Gasteiger charge is 2.03. The summed E-state index contributed by atoms with van der Waals surface area (Å²) in [5.41, 5.74) is 0.536. The van der Waals surface area contributed by atoms with Crippen LogP contribution in [0.25, 0.3) is 0 Å². The second kappa shape index (κ2) is 7.30. The van der Waals surface area contributed by atoms with Gasteiger partial charge in [-0.05, 0) is 25.8 Å². The van der Waals surface area contributed by atoms with E-state index in [9.17, 15) is 9.18 Å². The van der Waals surface area contributed by atoms with E-state index in [0.29, 0.717) is 18.6 Å². The fourth-order valence-corrected chi connectivity index (χ4v) is 0.929. The van der Waals surface area contributed by atoms with Crippen molar-refractivity contribution >= 4 is 5.97 Å². The Kier molecular flexibility index (Phi) is 6.72. The largest absolute Gasteiger partial charge is 0.466 e. The highest BCUT2D eigenvalue weighted by molar-refractivity contribution is 5.69. The number of carbonyl (C=O) groups is 1. The van der Waals surface area contributed by atoms with E-state index in [4.69, 9.17) is 4.74 Å². The van der Waals surface area contributed by atoms with Gasteiger partial charge in [-0.1, -0.05) is 12.7 Å². The van der Waals surface area contributed by atoms with E-state index >= 15 is 0 Å². The predicted molar refractivity (Wildman–Crippen MR) is 54.5 cm³/mol. The molecule has 0 aromatic carbocycles. The third-order valence-corrected chi connectivity index (χ3v) is 1.82.